The van der Waals surface area contributed by atoms with Crippen LogP contribution in [0.3, 0.4) is 0 Å². The molecular weight excluding hydrogens is 445 g/mol. The van der Waals surface area contributed by atoms with Gasteiger partial charge in [-0.2, -0.15) is 5.10 Å². The van der Waals surface area contributed by atoms with E-state index in [1.165, 1.54) is 6.07 Å². The van der Waals surface area contributed by atoms with Crippen molar-refractivity contribution in [3.8, 4) is 11.4 Å². The second kappa shape index (κ2) is 9.13. The van der Waals surface area contributed by atoms with Gasteiger partial charge in [-0.15, -0.1) is 0 Å². The van der Waals surface area contributed by atoms with E-state index < -0.39 is 0 Å². The fourth-order valence-electron chi connectivity index (χ4n) is 4.98. The predicted octanol–water partition coefficient (Wildman–Crippen LogP) is 4.24. The standard InChI is InChI=1S/C26H30FN7O/c1-5-32-11-10-20(31-32)15-33-23-9-8-18(26(35)28-4)13-22(23)30-24(33)19-12-21(27)25(29-14-19)34-16(2)6-7-17(34)3/h8-14,16-17H,5-7,15H2,1-4H3,(H,28,35)/t16-,17-/m0/s1. The van der Waals surface area contributed by atoms with E-state index in [1.54, 1.807) is 25.4 Å². The van der Waals surface area contributed by atoms with E-state index in [0.29, 0.717) is 34.8 Å². The van der Waals surface area contributed by atoms with E-state index in [0.717, 1.165) is 30.6 Å². The number of rotatable bonds is 6. The molecule has 1 aliphatic rings. The molecule has 1 aliphatic heterocycles. The lowest BCUT2D eigenvalue weighted by Crippen LogP contribution is -2.34. The zero-order chi connectivity index (χ0) is 24.7. The Morgan fingerprint density at radius 3 is 2.60 bits per heavy atom. The predicted molar refractivity (Wildman–Crippen MR) is 134 cm³/mol. The van der Waals surface area contributed by atoms with Crippen LogP contribution < -0.4 is 10.2 Å². The highest BCUT2D eigenvalue weighted by Crippen LogP contribution is 2.33. The molecule has 182 valence electrons. The number of fused-ring (bicyclic) bond motifs is 1. The Hall–Kier alpha value is -3.75. The van der Waals surface area contributed by atoms with Gasteiger partial charge in [0.1, 0.15) is 5.82 Å². The first-order valence-electron chi connectivity index (χ1n) is 12.1. The molecule has 1 aromatic carbocycles. The third-order valence-corrected chi connectivity index (χ3v) is 6.85. The van der Waals surface area contributed by atoms with Crippen LogP contribution in [-0.2, 0) is 13.1 Å². The Labute approximate surface area is 203 Å². The van der Waals surface area contributed by atoms with Crippen LogP contribution in [0, 0.1) is 5.82 Å². The Bertz CT molecular complexity index is 1380. The molecule has 1 N–H and O–H groups in total. The lowest BCUT2D eigenvalue weighted by Gasteiger charge is -2.27. The van der Waals surface area contributed by atoms with E-state index in [-0.39, 0.29) is 23.8 Å². The van der Waals surface area contributed by atoms with Crippen molar-refractivity contribution in [3.63, 3.8) is 0 Å². The summed E-state index contributed by atoms with van der Waals surface area (Å²) in [5.41, 5.74) is 3.46. The molecule has 5 rings (SSSR count). The van der Waals surface area contributed by atoms with Crippen LogP contribution in [0.25, 0.3) is 22.4 Å². The normalized spacial score (nSPS) is 17.9. The third kappa shape index (κ3) is 4.15. The molecule has 8 nitrogen and oxygen atoms in total. The number of nitrogens with zero attached hydrogens (tertiary/aromatic N) is 6. The highest BCUT2D eigenvalue weighted by molar-refractivity contribution is 5.97. The summed E-state index contributed by atoms with van der Waals surface area (Å²) in [6.45, 7) is 7.49. The number of benzene rings is 1. The number of imidazole rings is 1. The number of nitrogens with one attached hydrogen (secondary N) is 1. The van der Waals surface area contributed by atoms with Gasteiger partial charge < -0.3 is 14.8 Å². The number of aryl methyl sites for hydroxylation is 1. The van der Waals surface area contributed by atoms with Gasteiger partial charge in [-0.3, -0.25) is 9.48 Å². The van der Waals surface area contributed by atoms with E-state index in [1.807, 2.05) is 34.5 Å². The second-order valence-corrected chi connectivity index (χ2v) is 9.18. The molecule has 1 fully saturated rings. The molecule has 0 radical (unpaired) electrons. The molecule has 0 spiro atoms. The molecule has 2 atom stereocenters. The highest BCUT2D eigenvalue weighted by atomic mass is 19.1. The van der Waals surface area contributed by atoms with Crippen LogP contribution in [0.1, 0.15) is 49.7 Å². The van der Waals surface area contributed by atoms with E-state index >= 15 is 4.39 Å². The van der Waals surface area contributed by atoms with Crippen molar-refractivity contribution in [2.45, 2.75) is 58.8 Å². The SMILES string of the molecule is CCn1ccc(Cn2c(-c3cnc(N4[C@@H](C)CC[C@@H]4C)c(F)c3)nc3cc(C(=O)NC)ccc32)n1. The number of carbonyl (C=O) groups is 1. The third-order valence-electron chi connectivity index (χ3n) is 6.85. The number of hydrogen-bond donors (Lipinski definition) is 1. The lowest BCUT2D eigenvalue weighted by atomic mass is 10.2. The Balaban J connectivity index is 1.61. The van der Waals surface area contributed by atoms with Crippen molar-refractivity contribution in [1.29, 1.82) is 0 Å². The first-order valence-corrected chi connectivity index (χ1v) is 12.1. The summed E-state index contributed by atoms with van der Waals surface area (Å²) < 4.78 is 19.3. The minimum absolute atomic E-state index is 0.185. The summed E-state index contributed by atoms with van der Waals surface area (Å²) in [4.78, 5) is 23.6. The number of aromatic nitrogens is 5. The van der Waals surface area contributed by atoms with Crippen LogP contribution >= 0.6 is 0 Å². The van der Waals surface area contributed by atoms with Gasteiger partial charge >= 0.3 is 0 Å². The van der Waals surface area contributed by atoms with Crippen LogP contribution in [0.5, 0.6) is 0 Å². The molecule has 1 saturated heterocycles. The summed E-state index contributed by atoms with van der Waals surface area (Å²) in [5.74, 6) is 0.427. The van der Waals surface area contributed by atoms with Crippen LogP contribution in [0.2, 0.25) is 0 Å². The number of hydrogen-bond acceptors (Lipinski definition) is 5. The minimum atomic E-state index is -0.358. The number of anilines is 1. The van der Waals surface area contributed by atoms with Gasteiger partial charge in [0.2, 0.25) is 0 Å². The molecule has 3 aromatic heterocycles. The fraction of sp³-hybridized carbons (Fsp3) is 0.385. The summed E-state index contributed by atoms with van der Waals surface area (Å²) in [5, 5.41) is 7.26. The van der Waals surface area contributed by atoms with Crippen molar-refractivity contribution >= 4 is 22.8 Å². The largest absolute Gasteiger partial charge is 0.355 e. The first-order chi connectivity index (χ1) is 16.9. The minimum Gasteiger partial charge on any atom is -0.355 e. The Kier molecular flexibility index (Phi) is 6.00. The Morgan fingerprint density at radius 2 is 1.94 bits per heavy atom. The summed E-state index contributed by atoms with van der Waals surface area (Å²) in [6.07, 6.45) is 5.68. The maximum Gasteiger partial charge on any atom is 0.251 e. The molecule has 1 amide bonds. The van der Waals surface area contributed by atoms with E-state index in [4.69, 9.17) is 4.98 Å². The van der Waals surface area contributed by atoms with Gasteiger partial charge in [-0.25, -0.2) is 14.4 Å². The smallest absolute Gasteiger partial charge is 0.251 e. The number of halogens is 1. The average molecular weight is 476 g/mol. The second-order valence-electron chi connectivity index (χ2n) is 9.18. The maximum atomic E-state index is 15.4. The quantitative estimate of drug-likeness (QED) is 0.451. The first kappa shape index (κ1) is 23.0. The van der Waals surface area contributed by atoms with E-state index in [2.05, 4.69) is 34.1 Å². The maximum absolute atomic E-state index is 15.4. The molecule has 0 unspecified atom stereocenters. The summed E-state index contributed by atoms with van der Waals surface area (Å²) >= 11 is 0. The van der Waals surface area contributed by atoms with Crippen molar-refractivity contribution < 1.29 is 9.18 Å². The molecule has 0 aliphatic carbocycles. The van der Waals surface area contributed by atoms with Crippen molar-refractivity contribution in [2.75, 3.05) is 11.9 Å². The van der Waals surface area contributed by atoms with Gasteiger partial charge in [-0.1, -0.05) is 0 Å². The molecule has 35 heavy (non-hydrogen) atoms. The van der Waals surface area contributed by atoms with Crippen LogP contribution in [0.15, 0.2) is 42.7 Å². The topological polar surface area (TPSA) is 80.9 Å². The summed E-state index contributed by atoms with van der Waals surface area (Å²) in [7, 11) is 1.60. The van der Waals surface area contributed by atoms with Crippen LogP contribution in [0.4, 0.5) is 10.2 Å². The zero-order valence-electron chi connectivity index (χ0n) is 20.5. The van der Waals surface area contributed by atoms with Gasteiger partial charge in [0, 0.05) is 49.2 Å². The monoisotopic (exact) mass is 475 g/mol. The number of amides is 1. The van der Waals surface area contributed by atoms with Crippen molar-refractivity contribution in [3.05, 3.63) is 59.8 Å². The van der Waals surface area contributed by atoms with E-state index in [9.17, 15) is 4.79 Å². The lowest BCUT2D eigenvalue weighted by molar-refractivity contribution is 0.0963. The molecule has 0 bridgehead atoms. The van der Waals surface area contributed by atoms with Gasteiger partial charge in [0.15, 0.2) is 11.6 Å². The van der Waals surface area contributed by atoms with Crippen LogP contribution in [-0.4, -0.2) is 49.4 Å². The summed E-state index contributed by atoms with van der Waals surface area (Å²) in [6, 6.07) is 9.38. The van der Waals surface area contributed by atoms with Gasteiger partial charge in [0.05, 0.1) is 23.3 Å². The van der Waals surface area contributed by atoms with Gasteiger partial charge in [-0.05, 0) is 63.9 Å². The molecule has 0 saturated carbocycles. The number of carbonyl (C=O) groups excluding carboxylic acids is 1. The molecule has 4 heterocycles. The van der Waals surface area contributed by atoms with Crippen molar-refractivity contribution in [2.24, 2.45) is 0 Å². The highest BCUT2D eigenvalue weighted by Gasteiger charge is 2.30. The molecule has 9 heteroatoms. The molecule has 4 aromatic rings. The Morgan fingerprint density at radius 1 is 1.17 bits per heavy atom. The average Bonchev–Trinajstić information content (AvgIpc) is 3.56. The van der Waals surface area contributed by atoms with Crippen molar-refractivity contribution in [1.82, 2.24) is 29.6 Å². The fourth-order valence-corrected chi connectivity index (χ4v) is 4.98. The zero-order valence-corrected chi connectivity index (χ0v) is 20.5. The number of pyridine rings is 1. The van der Waals surface area contributed by atoms with Gasteiger partial charge in [0.25, 0.3) is 5.91 Å². The molecular formula is C26H30FN7O.